The second-order valence-corrected chi connectivity index (χ2v) is 7.39. The molecular weight excluding hydrogens is 406 g/mol. The van der Waals surface area contributed by atoms with Crippen LogP contribution in [0.5, 0.6) is 11.5 Å². The van der Waals surface area contributed by atoms with Crippen LogP contribution in [0.3, 0.4) is 0 Å². The summed E-state index contributed by atoms with van der Waals surface area (Å²) < 4.78 is 10.5. The zero-order valence-electron chi connectivity index (χ0n) is 16.9. The predicted molar refractivity (Wildman–Crippen MR) is 115 cm³/mol. The van der Waals surface area contributed by atoms with Crippen molar-refractivity contribution in [3.63, 3.8) is 0 Å². The van der Waals surface area contributed by atoms with E-state index in [1.165, 1.54) is 0 Å². The zero-order chi connectivity index (χ0) is 21.5. The van der Waals surface area contributed by atoms with E-state index in [2.05, 4.69) is 10.5 Å². The lowest BCUT2D eigenvalue weighted by molar-refractivity contribution is -0.126. The Morgan fingerprint density at radius 3 is 2.23 bits per heavy atom. The van der Waals surface area contributed by atoms with Crippen molar-refractivity contribution >= 4 is 29.6 Å². The lowest BCUT2D eigenvalue weighted by atomic mass is 9.95. The van der Waals surface area contributed by atoms with Crippen LogP contribution < -0.4 is 14.9 Å². The van der Waals surface area contributed by atoms with E-state index in [1.807, 2.05) is 12.1 Å². The van der Waals surface area contributed by atoms with E-state index in [0.717, 1.165) is 5.56 Å². The molecule has 158 valence electrons. The molecule has 1 heterocycles. The summed E-state index contributed by atoms with van der Waals surface area (Å²) in [5.74, 6) is 0.689. The summed E-state index contributed by atoms with van der Waals surface area (Å²) in [5.41, 5.74) is 3.93. The first-order valence-electron chi connectivity index (χ1n) is 9.61. The monoisotopic (exact) mass is 429 g/mol. The number of carbonyl (C=O) groups excluding carboxylic acids is 2. The molecule has 1 aliphatic heterocycles. The lowest BCUT2D eigenvalue weighted by Gasteiger charge is -2.31. The minimum absolute atomic E-state index is 0.105. The van der Waals surface area contributed by atoms with Crippen LogP contribution in [0.1, 0.15) is 28.8 Å². The minimum atomic E-state index is -0.184. The molecule has 0 atom stereocenters. The molecule has 0 aliphatic carbocycles. The third-order valence-electron chi connectivity index (χ3n) is 5.01. The van der Waals surface area contributed by atoms with Gasteiger partial charge in [0.05, 0.1) is 20.4 Å². The summed E-state index contributed by atoms with van der Waals surface area (Å²) in [4.78, 5) is 27.0. The van der Waals surface area contributed by atoms with Gasteiger partial charge in [0.25, 0.3) is 5.91 Å². The minimum Gasteiger partial charge on any atom is -0.497 e. The summed E-state index contributed by atoms with van der Waals surface area (Å²) in [6.07, 6.45) is 2.73. The molecule has 1 fully saturated rings. The molecule has 1 N–H and O–H groups in total. The number of ether oxygens (including phenoxy) is 2. The van der Waals surface area contributed by atoms with Crippen molar-refractivity contribution in [1.29, 1.82) is 0 Å². The molecule has 2 aromatic rings. The molecule has 0 spiro atoms. The molecule has 2 amide bonds. The number of carbonyl (C=O) groups is 2. The molecule has 3 rings (SSSR count). The first-order valence-corrected chi connectivity index (χ1v) is 9.99. The Labute approximate surface area is 180 Å². The van der Waals surface area contributed by atoms with E-state index in [1.54, 1.807) is 55.7 Å². The zero-order valence-corrected chi connectivity index (χ0v) is 17.7. The second kappa shape index (κ2) is 10.1. The summed E-state index contributed by atoms with van der Waals surface area (Å²) in [7, 11) is 3.09. The van der Waals surface area contributed by atoms with E-state index in [-0.39, 0.29) is 17.7 Å². The van der Waals surface area contributed by atoms with Gasteiger partial charge in [-0.1, -0.05) is 23.7 Å². The lowest BCUT2D eigenvalue weighted by Crippen LogP contribution is -2.42. The number of hydrazone groups is 1. The summed E-state index contributed by atoms with van der Waals surface area (Å²) in [6.45, 7) is 0.995. The number of nitrogens with one attached hydrogen (secondary N) is 1. The SMILES string of the molecule is COc1cc(OC)cc(C(=O)N2CCC(C(=O)N/N=C\c3ccc(Cl)cc3)CC2)c1. The van der Waals surface area contributed by atoms with Crippen LogP contribution in [0.25, 0.3) is 0 Å². The van der Waals surface area contributed by atoms with Gasteiger partial charge in [-0.2, -0.15) is 5.10 Å². The Morgan fingerprint density at radius 2 is 1.67 bits per heavy atom. The Bertz CT molecular complexity index is 900. The molecule has 0 radical (unpaired) electrons. The number of hydrogen-bond donors (Lipinski definition) is 1. The fourth-order valence-corrected chi connectivity index (χ4v) is 3.39. The average molecular weight is 430 g/mol. The number of methoxy groups -OCH3 is 2. The number of amides is 2. The third-order valence-corrected chi connectivity index (χ3v) is 5.26. The molecule has 1 aliphatic rings. The van der Waals surface area contributed by atoms with Gasteiger partial charge in [-0.25, -0.2) is 5.43 Å². The maximum Gasteiger partial charge on any atom is 0.254 e. The van der Waals surface area contributed by atoms with E-state index in [4.69, 9.17) is 21.1 Å². The highest BCUT2D eigenvalue weighted by Crippen LogP contribution is 2.25. The van der Waals surface area contributed by atoms with Gasteiger partial charge >= 0.3 is 0 Å². The van der Waals surface area contributed by atoms with Crippen LogP contribution in [-0.2, 0) is 4.79 Å². The number of halogens is 1. The molecule has 0 saturated carbocycles. The van der Waals surface area contributed by atoms with Gasteiger partial charge in [-0.05, 0) is 42.7 Å². The number of benzene rings is 2. The van der Waals surface area contributed by atoms with Crippen molar-refractivity contribution in [3.05, 3.63) is 58.6 Å². The number of nitrogens with zero attached hydrogens (tertiary/aromatic N) is 2. The molecule has 1 saturated heterocycles. The Kier molecular flexibility index (Phi) is 7.30. The Hall–Kier alpha value is -3.06. The van der Waals surface area contributed by atoms with Gasteiger partial charge < -0.3 is 14.4 Å². The quantitative estimate of drug-likeness (QED) is 0.564. The summed E-state index contributed by atoms with van der Waals surface area (Å²) in [5, 5.41) is 4.65. The second-order valence-electron chi connectivity index (χ2n) is 6.95. The van der Waals surface area contributed by atoms with Gasteiger partial charge in [-0.15, -0.1) is 0 Å². The standard InChI is InChI=1S/C22H24ClN3O4/c1-29-19-11-17(12-20(13-19)30-2)22(28)26-9-7-16(8-10-26)21(27)25-24-14-15-3-5-18(23)6-4-15/h3-6,11-14,16H,7-10H2,1-2H3,(H,25,27)/b24-14-. The highest BCUT2D eigenvalue weighted by Gasteiger charge is 2.28. The number of piperidine rings is 1. The Morgan fingerprint density at radius 1 is 1.07 bits per heavy atom. The van der Waals surface area contributed by atoms with Gasteiger partial charge in [-0.3, -0.25) is 9.59 Å². The normalized spacial score (nSPS) is 14.6. The third kappa shape index (κ3) is 5.51. The van der Waals surface area contributed by atoms with Crippen molar-refractivity contribution in [2.45, 2.75) is 12.8 Å². The predicted octanol–water partition coefficient (Wildman–Crippen LogP) is 3.36. The van der Waals surface area contributed by atoms with Gasteiger partial charge in [0.15, 0.2) is 0 Å². The molecule has 0 unspecified atom stereocenters. The van der Waals surface area contributed by atoms with Crippen molar-refractivity contribution < 1.29 is 19.1 Å². The molecule has 0 aromatic heterocycles. The highest BCUT2D eigenvalue weighted by atomic mass is 35.5. The highest BCUT2D eigenvalue weighted by molar-refractivity contribution is 6.30. The largest absolute Gasteiger partial charge is 0.497 e. The van der Waals surface area contributed by atoms with Gasteiger partial charge in [0.2, 0.25) is 5.91 Å². The topological polar surface area (TPSA) is 80.2 Å². The van der Waals surface area contributed by atoms with Crippen LogP contribution in [0, 0.1) is 5.92 Å². The fourth-order valence-electron chi connectivity index (χ4n) is 3.27. The number of rotatable bonds is 6. The van der Waals surface area contributed by atoms with Crippen molar-refractivity contribution in [2.24, 2.45) is 11.0 Å². The molecule has 8 heteroatoms. The molecule has 0 bridgehead atoms. The molecule has 2 aromatic carbocycles. The maximum atomic E-state index is 12.8. The smallest absolute Gasteiger partial charge is 0.254 e. The average Bonchev–Trinajstić information content (AvgIpc) is 2.79. The van der Waals surface area contributed by atoms with Crippen LogP contribution in [0.2, 0.25) is 5.02 Å². The van der Waals surface area contributed by atoms with Crippen molar-refractivity contribution in [1.82, 2.24) is 10.3 Å². The van der Waals surface area contributed by atoms with Crippen LogP contribution >= 0.6 is 11.6 Å². The maximum absolute atomic E-state index is 12.8. The van der Waals surface area contributed by atoms with E-state index in [0.29, 0.717) is 48.0 Å². The van der Waals surface area contributed by atoms with Crippen molar-refractivity contribution in [3.8, 4) is 11.5 Å². The van der Waals surface area contributed by atoms with Crippen molar-refractivity contribution in [2.75, 3.05) is 27.3 Å². The summed E-state index contributed by atoms with van der Waals surface area (Å²) in [6, 6.07) is 12.2. The number of hydrogen-bond acceptors (Lipinski definition) is 5. The molecule has 7 nitrogen and oxygen atoms in total. The number of likely N-dealkylation sites (tertiary alicyclic amines) is 1. The first-order chi connectivity index (χ1) is 14.5. The first kappa shape index (κ1) is 21.6. The van der Waals surface area contributed by atoms with Crippen LogP contribution in [0.4, 0.5) is 0 Å². The van der Waals surface area contributed by atoms with Crippen LogP contribution in [-0.4, -0.2) is 50.2 Å². The van der Waals surface area contributed by atoms with E-state index < -0.39 is 0 Å². The summed E-state index contributed by atoms with van der Waals surface area (Å²) >= 11 is 5.85. The Balaban J connectivity index is 1.53. The van der Waals surface area contributed by atoms with Gasteiger partial charge in [0.1, 0.15) is 11.5 Å². The van der Waals surface area contributed by atoms with Gasteiger partial charge in [0, 0.05) is 35.7 Å². The van der Waals surface area contributed by atoms with Crippen LogP contribution in [0.15, 0.2) is 47.6 Å². The fraction of sp³-hybridized carbons (Fsp3) is 0.318. The van der Waals surface area contributed by atoms with E-state index >= 15 is 0 Å². The van der Waals surface area contributed by atoms with E-state index in [9.17, 15) is 9.59 Å². The molecule has 30 heavy (non-hydrogen) atoms. The molecular formula is C22H24ClN3O4.